The monoisotopic (exact) mass is 251 g/mol. The van der Waals surface area contributed by atoms with E-state index in [2.05, 4.69) is 37.8 Å². The fraction of sp³-hybridized carbons (Fsp3) is 0.769. The molecule has 1 heterocycles. The van der Waals surface area contributed by atoms with Gasteiger partial charge in [0.05, 0.1) is 6.61 Å². The minimum absolute atomic E-state index is 0.160. The Balaban J connectivity index is 2.30. The van der Waals surface area contributed by atoms with Crippen LogP contribution in [-0.2, 0) is 11.8 Å². The molecule has 0 saturated heterocycles. The van der Waals surface area contributed by atoms with Gasteiger partial charge in [-0.3, -0.25) is 4.68 Å². The molecule has 0 atom stereocenters. The predicted molar refractivity (Wildman–Crippen MR) is 67.3 cm³/mol. The minimum Gasteiger partial charge on any atom is -0.460 e. The Morgan fingerprint density at radius 1 is 1.33 bits per heavy atom. The van der Waals surface area contributed by atoms with Gasteiger partial charge in [-0.1, -0.05) is 27.7 Å². The summed E-state index contributed by atoms with van der Waals surface area (Å²) >= 11 is 0. The number of aryl methyl sites for hydroxylation is 1. The normalized spacial score (nSPS) is 20.8. The van der Waals surface area contributed by atoms with E-state index in [1.165, 1.54) is 0 Å². The molecule has 1 saturated carbocycles. The van der Waals surface area contributed by atoms with Gasteiger partial charge >= 0.3 is 5.97 Å². The molecule has 1 aliphatic carbocycles. The summed E-state index contributed by atoms with van der Waals surface area (Å²) < 4.78 is 6.62. The first kappa shape index (κ1) is 13.1. The second-order valence-electron chi connectivity index (χ2n) is 6.01. The van der Waals surface area contributed by atoms with E-state index in [0.717, 1.165) is 5.82 Å². The van der Waals surface area contributed by atoms with Crippen molar-refractivity contribution in [2.75, 3.05) is 6.61 Å². The lowest BCUT2D eigenvalue weighted by Crippen LogP contribution is -2.07. The molecule has 2 rings (SSSR count). The van der Waals surface area contributed by atoms with Crippen molar-refractivity contribution in [3.63, 3.8) is 0 Å². The van der Waals surface area contributed by atoms with Gasteiger partial charge in [-0.05, 0) is 17.8 Å². The highest BCUT2D eigenvalue weighted by molar-refractivity contribution is 5.85. The molecule has 1 aliphatic rings. The number of carbonyl (C=O) groups is 1. The van der Waals surface area contributed by atoms with Crippen LogP contribution in [0.5, 0.6) is 0 Å². The first-order chi connectivity index (χ1) is 8.23. The number of aromatic nitrogens is 3. The molecule has 0 spiro atoms. The molecular weight excluding hydrogens is 230 g/mol. The molecule has 1 aromatic rings. The number of esters is 1. The topological polar surface area (TPSA) is 57.0 Å². The van der Waals surface area contributed by atoms with Crippen LogP contribution < -0.4 is 0 Å². The third-order valence-electron chi connectivity index (χ3n) is 4.53. The van der Waals surface area contributed by atoms with Gasteiger partial charge in [0.15, 0.2) is 0 Å². The average Bonchev–Trinajstić information content (AvgIpc) is 2.57. The average molecular weight is 251 g/mol. The fourth-order valence-electron chi connectivity index (χ4n) is 2.77. The number of ether oxygens (including phenoxy) is 1. The summed E-state index contributed by atoms with van der Waals surface area (Å²) in [5, 5.41) is 4.15. The molecule has 0 aromatic carbocycles. The van der Waals surface area contributed by atoms with E-state index < -0.39 is 5.97 Å². The lowest BCUT2D eigenvalue weighted by atomic mass is 10.0. The maximum absolute atomic E-state index is 11.6. The summed E-state index contributed by atoms with van der Waals surface area (Å²) in [7, 11) is 1.83. The third-order valence-corrected chi connectivity index (χ3v) is 4.53. The number of rotatable bonds is 3. The van der Waals surface area contributed by atoms with Crippen LogP contribution in [0, 0.1) is 10.8 Å². The van der Waals surface area contributed by atoms with E-state index in [0.29, 0.717) is 12.5 Å². The van der Waals surface area contributed by atoms with E-state index in [4.69, 9.17) is 4.74 Å². The van der Waals surface area contributed by atoms with Crippen molar-refractivity contribution in [3.8, 4) is 0 Å². The van der Waals surface area contributed by atoms with E-state index in [-0.39, 0.29) is 16.7 Å². The Morgan fingerprint density at radius 2 is 1.89 bits per heavy atom. The zero-order valence-corrected chi connectivity index (χ0v) is 11.9. The summed E-state index contributed by atoms with van der Waals surface area (Å²) in [6.07, 6.45) is 0. The molecule has 0 aliphatic heterocycles. The first-order valence-corrected chi connectivity index (χ1v) is 6.31. The molecule has 5 nitrogen and oxygen atoms in total. The molecule has 1 fully saturated rings. The van der Waals surface area contributed by atoms with Crippen LogP contribution >= 0.6 is 0 Å². The minimum atomic E-state index is -0.449. The SMILES string of the molecule is CCOC(=O)c1nc(C2C(C)(C)C2(C)C)n(C)n1. The van der Waals surface area contributed by atoms with Gasteiger partial charge < -0.3 is 4.74 Å². The van der Waals surface area contributed by atoms with E-state index >= 15 is 0 Å². The summed E-state index contributed by atoms with van der Waals surface area (Å²) in [4.78, 5) is 16.0. The number of carbonyl (C=O) groups excluding carboxylic acids is 1. The second kappa shape index (κ2) is 3.80. The maximum atomic E-state index is 11.6. The van der Waals surface area contributed by atoms with Gasteiger partial charge in [0.1, 0.15) is 5.82 Å². The van der Waals surface area contributed by atoms with Crippen LogP contribution in [-0.4, -0.2) is 27.3 Å². The summed E-state index contributed by atoms with van der Waals surface area (Å²) in [5.41, 5.74) is 0.361. The van der Waals surface area contributed by atoms with Gasteiger partial charge in [-0.2, -0.15) is 0 Å². The predicted octanol–water partition coefficient (Wildman–Crippen LogP) is 2.14. The largest absolute Gasteiger partial charge is 0.460 e. The fourth-order valence-corrected chi connectivity index (χ4v) is 2.77. The van der Waals surface area contributed by atoms with Crippen molar-refractivity contribution in [3.05, 3.63) is 11.6 Å². The molecule has 100 valence electrons. The first-order valence-electron chi connectivity index (χ1n) is 6.31. The molecule has 1 aromatic heterocycles. The molecule has 0 amide bonds. The number of hydrogen-bond acceptors (Lipinski definition) is 4. The van der Waals surface area contributed by atoms with Gasteiger partial charge in [-0.25, -0.2) is 9.78 Å². The van der Waals surface area contributed by atoms with Gasteiger partial charge in [0.25, 0.3) is 5.82 Å². The highest BCUT2D eigenvalue weighted by Gasteiger charge is 2.67. The molecule has 18 heavy (non-hydrogen) atoms. The van der Waals surface area contributed by atoms with Gasteiger partial charge in [-0.15, -0.1) is 5.10 Å². The van der Waals surface area contributed by atoms with Crippen LogP contribution in [0.15, 0.2) is 0 Å². The highest BCUT2D eigenvalue weighted by atomic mass is 16.5. The lowest BCUT2D eigenvalue weighted by Gasteiger charge is -2.03. The van der Waals surface area contributed by atoms with Gasteiger partial charge in [0, 0.05) is 13.0 Å². The Labute approximate surface area is 108 Å². The number of nitrogens with zero attached hydrogens (tertiary/aromatic N) is 3. The summed E-state index contributed by atoms with van der Waals surface area (Å²) in [6.45, 7) is 11.0. The van der Waals surface area contributed by atoms with Crippen LogP contribution in [0.4, 0.5) is 0 Å². The van der Waals surface area contributed by atoms with Crippen molar-refractivity contribution in [1.82, 2.24) is 14.8 Å². The molecule has 0 bridgehead atoms. The van der Waals surface area contributed by atoms with Crippen molar-refractivity contribution < 1.29 is 9.53 Å². The highest BCUT2D eigenvalue weighted by Crippen LogP contribution is 2.73. The van der Waals surface area contributed by atoms with Crippen LogP contribution in [0.2, 0.25) is 0 Å². The zero-order valence-electron chi connectivity index (χ0n) is 11.9. The van der Waals surface area contributed by atoms with Crippen molar-refractivity contribution in [2.45, 2.75) is 40.5 Å². The molecule has 5 heteroatoms. The quantitative estimate of drug-likeness (QED) is 0.772. The van der Waals surface area contributed by atoms with Crippen LogP contribution in [0.1, 0.15) is 57.0 Å². The van der Waals surface area contributed by atoms with E-state index in [1.54, 1.807) is 11.6 Å². The molecule has 0 N–H and O–H groups in total. The summed E-state index contributed by atoms with van der Waals surface area (Å²) in [5.74, 6) is 0.905. The maximum Gasteiger partial charge on any atom is 0.378 e. The molecule has 0 unspecified atom stereocenters. The van der Waals surface area contributed by atoms with Crippen LogP contribution in [0.3, 0.4) is 0 Å². The second-order valence-corrected chi connectivity index (χ2v) is 6.01. The Hall–Kier alpha value is -1.39. The Bertz CT molecular complexity index is 474. The standard InChI is InChI=1S/C13H21N3O2/c1-7-18-11(17)9-14-10(16(6)15-9)8-12(2,3)13(8,4)5/h8H,7H2,1-6H3. The van der Waals surface area contributed by atoms with E-state index in [1.807, 2.05) is 7.05 Å². The zero-order chi connectivity index (χ0) is 13.7. The van der Waals surface area contributed by atoms with Crippen molar-refractivity contribution >= 4 is 5.97 Å². The Kier molecular flexibility index (Phi) is 2.76. The summed E-state index contributed by atoms with van der Waals surface area (Å²) in [6, 6.07) is 0. The number of hydrogen-bond donors (Lipinski definition) is 0. The van der Waals surface area contributed by atoms with Crippen molar-refractivity contribution in [1.29, 1.82) is 0 Å². The van der Waals surface area contributed by atoms with E-state index in [9.17, 15) is 4.79 Å². The molecule has 0 radical (unpaired) electrons. The van der Waals surface area contributed by atoms with Gasteiger partial charge in [0.2, 0.25) is 0 Å². The third kappa shape index (κ3) is 1.64. The lowest BCUT2D eigenvalue weighted by molar-refractivity contribution is 0.0511. The van der Waals surface area contributed by atoms with Crippen LogP contribution in [0.25, 0.3) is 0 Å². The molecular formula is C13H21N3O2. The smallest absolute Gasteiger partial charge is 0.378 e. The van der Waals surface area contributed by atoms with Crippen molar-refractivity contribution in [2.24, 2.45) is 17.9 Å². The Morgan fingerprint density at radius 3 is 2.33 bits per heavy atom.